The summed E-state index contributed by atoms with van der Waals surface area (Å²) in [5.74, 6) is -0.473. The average Bonchev–Trinajstić information content (AvgIpc) is 2.62. The molecule has 0 saturated carbocycles. The van der Waals surface area contributed by atoms with Gasteiger partial charge in [-0.15, -0.1) is 0 Å². The number of carbonyl (C=O) groups excluding carboxylic acids is 1. The molecular formula is C6H8N4O3. The van der Waals surface area contributed by atoms with Gasteiger partial charge in [0.1, 0.15) is 0 Å². The summed E-state index contributed by atoms with van der Waals surface area (Å²) in [6.45, 7) is 0.129. The standard InChI is InChI=1S/C6H8N4O3/c1-12-6(11)5-2-4(9-13-5)3-8-10-7/h5H,2-3H2,1H3. The van der Waals surface area contributed by atoms with Crippen LogP contribution in [-0.4, -0.2) is 31.4 Å². The Kier molecular flexibility index (Phi) is 3.10. The molecular weight excluding hydrogens is 176 g/mol. The summed E-state index contributed by atoms with van der Waals surface area (Å²) in [6.07, 6.45) is -0.361. The second kappa shape index (κ2) is 4.32. The normalized spacial score (nSPS) is 19.8. The third-order valence-corrected chi connectivity index (χ3v) is 1.51. The molecule has 13 heavy (non-hydrogen) atoms. The van der Waals surface area contributed by atoms with Crippen LogP contribution >= 0.6 is 0 Å². The summed E-state index contributed by atoms with van der Waals surface area (Å²) < 4.78 is 4.45. The molecule has 0 aromatic carbocycles. The molecule has 0 aromatic rings. The van der Waals surface area contributed by atoms with Crippen LogP contribution < -0.4 is 0 Å². The van der Waals surface area contributed by atoms with Gasteiger partial charge in [0, 0.05) is 11.3 Å². The van der Waals surface area contributed by atoms with Crippen LogP contribution in [0.4, 0.5) is 0 Å². The van der Waals surface area contributed by atoms with Crippen LogP contribution in [0.15, 0.2) is 10.3 Å². The molecule has 70 valence electrons. The van der Waals surface area contributed by atoms with Crippen molar-refractivity contribution in [3.8, 4) is 0 Å². The fraction of sp³-hybridized carbons (Fsp3) is 0.667. The van der Waals surface area contributed by atoms with E-state index >= 15 is 0 Å². The van der Waals surface area contributed by atoms with E-state index in [0.717, 1.165) is 0 Å². The highest BCUT2D eigenvalue weighted by Crippen LogP contribution is 2.11. The second-order valence-electron chi connectivity index (χ2n) is 2.37. The van der Waals surface area contributed by atoms with Gasteiger partial charge in [0.05, 0.1) is 19.4 Å². The Labute approximate surface area is 73.9 Å². The fourth-order valence-electron chi connectivity index (χ4n) is 0.891. The van der Waals surface area contributed by atoms with Crippen LogP contribution in [0.5, 0.6) is 0 Å². The Balaban J connectivity index is 2.41. The van der Waals surface area contributed by atoms with Gasteiger partial charge in [-0.1, -0.05) is 10.3 Å². The lowest BCUT2D eigenvalue weighted by atomic mass is 10.2. The first-order chi connectivity index (χ1) is 6.27. The first-order valence-corrected chi connectivity index (χ1v) is 3.58. The number of hydrogen-bond acceptors (Lipinski definition) is 5. The van der Waals surface area contributed by atoms with Crippen molar-refractivity contribution in [3.05, 3.63) is 10.4 Å². The van der Waals surface area contributed by atoms with Gasteiger partial charge >= 0.3 is 5.97 Å². The Morgan fingerprint density at radius 1 is 2.00 bits per heavy atom. The zero-order valence-electron chi connectivity index (χ0n) is 7.01. The molecule has 0 spiro atoms. The largest absolute Gasteiger partial charge is 0.466 e. The Morgan fingerprint density at radius 2 is 2.77 bits per heavy atom. The molecule has 1 aliphatic heterocycles. The number of azide groups is 1. The van der Waals surface area contributed by atoms with Crippen LogP contribution in [0.1, 0.15) is 6.42 Å². The number of rotatable bonds is 3. The minimum atomic E-state index is -0.686. The van der Waals surface area contributed by atoms with E-state index in [2.05, 4.69) is 19.9 Å². The van der Waals surface area contributed by atoms with Crippen molar-refractivity contribution in [1.29, 1.82) is 0 Å². The van der Waals surface area contributed by atoms with Crippen molar-refractivity contribution >= 4 is 11.7 Å². The van der Waals surface area contributed by atoms with E-state index < -0.39 is 12.1 Å². The lowest BCUT2D eigenvalue weighted by Crippen LogP contribution is -2.22. The van der Waals surface area contributed by atoms with Crippen molar-refractivity contribution in [3.63, 3.8) is 0 Å². The van der Waals surface area contributed by atoms with Gasteiger partial charge in [-0.05, 0) is 5.53 Å². The van der Waals surface area contributed by atoms with Gasteiger partial charge in [0.2, 0.25) is 6.10 Å². The topological polar surface area (TPSA) is 96.7 Å². The molecule has 1 rings (SSSR count). The molecule has 0 aliphatic carbocycles. The molecule has 1 heterocycles. The molecule has 0 saturated heterocycles. The highest BCUT2D eigenvalue weighted by Gasteiger charge is 2.28. The molecule has 0 bridgehead atoms. The Morgan fingerprint density at radius 3 is 3.38 bits per heavy atom. The van der Waals surface area contributed by atoms with Crippen LogP contribution in [0.2, 0.25) is 0 Å². The highest BCUT2D eigenvalue weighted by molar-refractivity contribution is 5.92. The van der Waals surface area contributed by atoms with Crippen molar-refractivity contribution in [2.24, 2.45) is 10.3 Å². The summed E-state index contributed by atoms with van der Waals surface area (Å²) in [4.78, 5) is 18.2. The van der Waals surface area contributed by atoms with E-state index in [1.165, 1.54) is 7.11 Å². The van der Waals surface area contributed by atoms with E-state index in [1.807, 2.05) is 0 Å². The quantitative estimate of drug-likeness (QED) is 0.278. The van der Waals surface area contributed by atoms with Gasteiger partial charge in [0.25, 0.3) is 0 Å². The summed E-state index contributed by atoms with van der Waals surface area (Å²) in [5, 5.41) is 6.87. The maximum atomic E-state index is 10.9. The van der Waals surface area contributed by atoms with Crippen LogP contribution in [0.3, 0.4) is 0 Å². The lowest BCUT2D eigenvalue weighted by molar-refractivity contribution is -0.152. The molecule has 1 atom stereocenters. The van der Waals surface area contributed by atoms with Gasteiger partial charge in [-0.2, -0.15) is 0 Å². The van der Waals surface area contributed by atoms with Crippen LogP contribution in [0.25, 0.3) is 10.4 Å². The fourth-order valence-corrected chi connectivity index (χ4v) is 0.891. The average molecular weight is 184 g/mol. The summed E-state index contributed by atoms with van der Waals surface area (Å²) >= 11 is 0. The molecule has 0 aromatic heterocycles. The maximum Gasteiger partial charge on any atom is 0.350 e. The number of oxime groups is 1. The van der Waals surface area contributed by atoms with Crippen molar-refractivity contribution in [2.75, 3.05) is 13.7 Å². The van der Waals surface area contributed by atoms with E-state index in [9.17, 15) is 4.79 Å². The van der Waals surface area contributed by atoms with Crippen molar-refractivity contribution in [2.45, 2.75) is 12.5 Å². The number of carbonyl (C=O) groups is 1. The van der Waals surface area contributed by atoms with Crippen LogP contribution in [-0.2, 0) is 14.4 Å². The van der Waals surface area contributed by atoms with Crippen molar-refractivity contribution < 1.29 is 14.4 Å². The minimum absolute atomic E-state index is 0.129. The number of hydrogen-bond donors (Lipinski definition) is 0. The molecule has 0 radical (unpaired) electrons. The number of methoxy groups -OCH3 is 1. The van der Waals surface area contributed by atoms with Crippen molar-refractivity contribution in [1.82, 2.24) is 0 Å². The lowest BCUT2D eigenvalue weighted by Gasteiger charge is -2.03. The maximum absolute atomic E-state index is 10.9. The molecule has 7 nitrogen and oxygen atoms in total. The highest BCUT2D eigenvalue weighted by atomic mass is 16.7. The van der Waals surface area contributed by atoms with Gasteiger partial charge in [0.15, 0.2) is 0 Å². The third-order valence-electron chi connectivity index (χ3n) is 1.51. The summed E-state index contributed by atoms with van der Waals surface area (Å²) in [5.41, 5.74) is 8.57. The van der Waals surface area contributed by atoms with Gasteiger partial charge < -0.3 is 9.57 Å². The van der Waals surface area contributed by atoms with E-state index in [4.69, 9.17) is 10.4 Å². The van der Waals surface area contributed by atoms with E-state index in [1.54, 1.807) is 0 Å². The monoisotopic (exact) mass is 184 g/mol. The number of esters is 1. The van der Waals surface area contributed by atoms with Gasteiger partial charge in [-0.3, -0.25) is 0 Å². The number of ether oxygens (including phenoxy) is 1. The molecule has 1 aliphatic rings. The first kappa shape index (κ1) is 9.34. The number of nitrogens with zero attached hydrogens (tertiary/aromatic N) is 4. The van der Waals surface area contributed by atoms with E-state index in [-0.39, 0.29) is 6.54 Å². The third kappa shape index (κ3) is 2.34. The molecule has 7 heteroatoms. The van der Waals surface area contributed by atoms with Crippen LogP contribution in [0, 0.1) is 0 Å². The Bertz CT molecular complexity index is 282. The summed E-state index contributed by atoms with van der Waals surface area (Å²) in [7, 11) is 1.27. The Hall–Kier alpha value is -1.75. The predicted octanol–water partition coefficient (Wildman–Crippen LogP) is 0.615. The zero-order valence-corrected chi connectivity index (χ0v) is 7.01. The summed E-state index contributed by atoms with van der Waals surface area (Å²) in [6, 6.07) is 0. The zero-order chi connectivity index (χ0) is 9.68. The second-order valence-corrected chi connectivity index (χ2v) is 2.37. The smallest absolute Gasteiger partial charge is 0.350 e. The predicted molar refractivity (Wildman–Crippen MR) is 43.0 cm³/mol. The molecule has 0 amide bonds. The SMILES string of the molecule is COC(=O)C1CC(CN=[N+]=[N-])=NO1. The van der Waals surface area contributed by atoms with E-state index in [0.29, 0.717) is 12.1 Å². The molecule has 0 fully saturated rings. The minimum Gasteiger partial charge on any atom is -0.466 e. The first-order valence-electron chi connectivity index (χ1n) is 3.58. The molecule has 1 unspecified atom stereocenters. The molecule has 0 N–H and O–H groups in total. The van der Waals surface area contributed by atoms with Gasteiger partial charge in [-0.25, -0.2) is 4.79 Å².